The largest absolute Gasteiger partial charge is 0.416 e. The molecule has 2 N–H and O–H groups in total. The van der Waals surface area contributed by atoms with Crippen molar-refractivity contribution < 1.29 is 23.4 Å². The van der Waals surface area contributed by atoms with Crippen LogP contribution >= 0.6 is 0 Å². The summed E-state index contributed by atoms with van der Waals surface area (Å²) >= 11 is 0. The summed E-state index contributed by atoms with van der Waals surface area (Å²) in [6.07, 6.45) is -4.33. The summed E-state index contributed by atoms with van der Waals surface area (Å²) in [5.74, 6) is 0.0641. The first-order chi connectivity index (χ1) is 9.81. The van der Waals surface area contributed by atoms with Gasteiger partial charge in [0.15, 0.2) is 5.82 Å². The Bertz CT molecular complexity index is 644. The molecule has 1 aromatic heterocycles. The van der Waals surface area contributed by atoms with Gasteiger partial charge < -0.3 is 10.2 Å². The maximum absolute atomic E-state index is 12.8. The van der Waals surface area contributed by atoms with Gasteiger partial charge in [-0.15, -0.1) is 0 Å². The van der Waals surface area contributed by atoms with Gasteiger partial charge in [-0.3, -0.25) is 0 Å². The smallest absolute Gasteiger partial charge is 0.393 e. The molecule has 0 aliphatic carbocycles. The van der Waals surface area contributed by atoms with Crippen molar-refractivity contribution in [3.05, 3.63) is 47.3 Å². The summed E-state index contributed by atoms with van der Waals surface area (Å²) in [6.45, 7) is 1.02. The molecule has 0 aliphatic heterocycles. The molecule has 21 heavy (non-hydrogen) atoms. The van der Waals surface area contributed by atoms with E-state index < -0.39 is 24.5 Å². The van der Waals surface area contributed by atoms with E-state index in [9.17, 15) is 18.3 Å². The number of halogens is 3. The van der Waals surface area contributed by atoms with Crippen molar-refractivity contribution in [2.75, 3.05) is 6.61 Å². The highest BCUT2D eigenvalue weighted by atomic mass is 19.4. The first-order valence-corrected chi connectivity index (χ1v) is 6.12. The third kappa shape index (κ3) is 3.56. The second kappa shape index (κ2) is 5.79. The molecule has 1 unspecified atom stereocenters. The zero-order chi connectivity index (χ0) is 15.6. The van der Waals surface area contributed by atoms with Crippen LogP contribution in [0.2, 0.25) is 0 Å². The van der Waals surface area contributed by atoms with Crippen molar-refractivity contribution >= 4 is 0 Å². The van der Waals surface area contributed by atoms with Crippen molar-refractivity contribution in [3.8, 4) is 11.4 Å². The first-order valence-electron chi connectivity index (χ1n) is 6.12. The summed E-state index contributed by atoms with van der Waals surface area (Å²) in [7, 11) is 0. The Labute approximate surface area is 118 Å². The zero-order valence-corrected chi connectivity index (χ0v) is 11.1. The van der Waals surface area contributed by atoms with Crippen molar-refractivity contribution in [1.82, 2.24) is 9.97 Å². The van der Waals surface area contributed by atoms with E-state index in [0.29, 0.717) is 5.56 Å². The molecule has 2 aromatic rings. The summed E-state index contributed by atoms with van der Waals surface area (Å²) in [5, 5.41) is 18.4. The Morgan fingerprint density at radius 2 is 1.95 bits per heavy atom. The topological polar surface area (TPSA) is 66.2 Å². The second-order valence-electron chi connectivity index (χ2n) is 4.59. The van der Waals surface area contributed by atoms with Crippen LogP contribution in [0, 0.1) is 6.92 Å². The van der Waals surface area contributed by atoms with Crippen LogP contribution in [0.25, 0.3) is 11.4 Å². The molecule has 0 saturated carbocycles. The first kappa shape index (κ1) is 15.4. The number of benzene rings is 1. The maximum Gasteiger partial charge on any atom is 0.416 e. The lowest BCUT2D eigenvalue weighted by molar-refractivity contribution is -0.137. The zero-order valence-electron chi connectivity index (χ0n) is 11.1. The molecule has 4 nitrogen and oxygen atoms in total. The van der Waals surface area contributed by atoms with E-state index in [1.54, 1.807) is 6.92 Å². The van der Waals surface area contributed by atoms with Gasteiger partial charge in [0, 0.05) is 11.8 Å². The van der Waals surface area contributed by atoms with Gasteiger partial charge in [0.25, 0.3) is 0 Å². The van der Waals surface area contributed by atoms with E-state index in [0.717, 1.165) is 12.1 Å². The lowest BCUT2D eigenvalue weighted by atomic mass is 10.1. The summed E-state index contributed by atoms with van der Waals surface area (Å²) in [6, 6.07) is 4.91. The number of hydrogen-bond donors (Lipinski definition) is 2. The lowest BCUT2D eigenvalue weighted by Gasteiger charge is -2.11. The van der Waals surface area contributed by atoms with Gasteiger partial charge in [0.2, 0.25) is 0 Å². The van der Waals surface area contributed by atoms with Crippen LogP contribution in [-0.4, -0.2) is 26.8 Å². The predicted molar refractivity (Wildman–Crippen MR) is 69.3 cm³/mol. The SMILES string of the molecule is Cc1cc(-c2nccc(C(O)CO)n2)cc(C(F)(F)F)c1. The highest BCUT2D eigenvalue weighted by molar-refractivity contribution is 5.58. The highest BCUT2D eigenvalue weighted by Gasteiger charge is 2.31. The number of alkyl halides is 3. The number of aryl methyl sites for hydroxylation is 1. The fraction of sp³-hybridized carbons (Fsp3) is 0.286. The third-order valence-electron chi connectivity index (χ3n) is 2.85. The number of aromatic nitrogens is 2. The molecule has 1 atom stereocenters. The molecule has 0 bridgehead atoms. The number of hydrogen-bond acceptors (Lipinski definition) is 4. The molecule has 1 aromatic carbocycles. The number of aliphatic hydroxyl groups excluding tert-OH is 2. The fourth-order valence-electron chi connectivity index (χ4n) is 1.87. The van der Waals surface area contributed by atoms with E-state index in [2.05, 4.69) is 9.97 Å². The van der Waals surface area contributed by atoms with Crippen molar-refractivity contribution in [1.29, 1.82) is 0 Å². The molecule has 0 spiro atoms. The van der Waals surface area contributed by atoms with Gasteiger partial charge >= 0.3 is 6.18 Å². The Kier molecular flexibility index (Phi) is 4.24. The number of aliphatic hydroxyl groups is 2. The minimum absolute atomic E-state index is 0.0641. The van der Waals surface area contributed by atoms with Gasteiger partial charge in [-0.05, 0) is 36.8 Å². The lowest BCUT2D eigenvalue weighted by Crippen LogP contribution is -2.08. The van der Waals surface area contributed by atoms with E-state index in [1.807, 2.05) is 0 Å². The van der Waals surface area contributed by atoms with Crippen LogP contribution in [0.5, 0.6) is 0 Å². The number of nitrogens with zero attached hydrogens (tertiary/aromatic N) is 2. The molecule has 7 heteroatoms. The monoisotopic (exact) mass is 298 g/mol. The molecular weight excluding hydrogens is 285 g/mol. The molecule has 0 aliphatic rings. The quantitative estimate of drug-likeness (QED) is 0.913. The Hall–Kier alpha value is -1.99. The van der Waals surface area contributed by atoms with Gasteiger partial charge in [0.05, 0.1) is 17.9 Å². The van der Waals surface area contributed by atoms with Gasteiger partial charge in [-0.2, -0.15) is 13.2 Å². The average Bonchev–Trinajstić information content (AvgIpc) is 2.45. The summed E-state index contributed by atoms with van der Waals surface area (Å²) in [5.41, 5.74) is -0.00220. The Balaban J connectivity index is 2.49. The summed E-state index contributed by atoms with van der Waals surface area (Å²) < 4.78 is 38.4. The van der Waals surface area contributed by atoms with Crippen LogP contribution in [0.4, 0.5) is 13.2 Å². The van der Waals surface area contributed by atoms with Gasteiger partial charge in [0.1, 0.15) is 6.10 Å². The van der Waals surface area contributed by atoms with Gasteiger partial charge in [-0.1, -0.05) is 0 Å². The molecule has 0 amide bonds. The van der Waals surface area contributed by atoms with Crippen LogP contribution < -0.4 is 0 Å². The maximum atomic E-state index is 12.8. The normalized spacial score (nSPS) is 13.2. The predicted octanol–water partition coefficient (Wildman–Crippen LogP) is 2.50. The highest BCUT2D eigenvalue weighted by Crippen LogP contribution is 2.32. The van der Waals surface area contributed by atoms with Crippen LogP contribution in [0.15, 0.2) is 30.5 Å². The van der Waals surface area contributed by atoms with Crippen molar-refractivity contribution in [2.24, 2.45) is 0 Å². The standard InChI is InChI=1S/C14H13F3N2O2/c1-8-4-9(6-10(5-8)14(15,16)17)13-18-3-2-11(19-13)12(21)7-20/h2-6,12,20-21H,7H2,1H3. The number of rotatable bonds is 3. The molecule has 2 rings (SSSR count). The van der Waals surface area contributed by atoms with Gasteiger partial charge in [-0.25, -0.2) is 9.97 Å². The third-order valence-corrected chi connectivity index (χ3v) is 2.85. The molecule has 0 saturated heterocycles. The van der Waals surface area contributed by atoms with Crippen LogP contribution in [-0.2, 0) is 6.18 Å². The summed E-state index contributed by atoms with van der Waals surface area (Å²) in [4.78, 5) is 7.91. The molecule has 0 radical (unpaired) electrons. The molecule has 112 valence electrons. The second-order valence-corrected chi connectivity index (χ2v) is 4.59. The van der Waals surface area contributed by atoms with Crippen molar-refractivity contribution in [3.63, 3.8) is 0 Å². The average molecular weight is 298 g/mol. The molecular formula is C14H13F3N2O2. The Morgan fingerprint density at radius 1 is 1.24 bits per heavy atom. The van der Waals surface area contributed by atoms with Crippen LogP contribution in [0.3, 0.4) is 0 Å². The fourth-order valence-corrected chi connectivity index (χ4v) is 1.87. The van der Waals surface area contributed by atoms with E-state index in [1.165, 1.54) is 18.3 Å². The minimum Gasteiger partial charge on any atom is -0.393 e. The van der Waals surface area contributed by atoms with Crippen molar-refractivity contribution in [2.45, 2.75) is 19.2 Å². The van der Waals surface area contributed by atoms with Crippen LogP contribution in [0.1, 0.15) is 22.9 Å². The van der Waals surface area contributed by atoms with E-state index in [4.69, 9.17) is 5.11 Å². The van der Waals surface area contributed by atoms with E-state index in [-0.39, 0.29) is 17.1 Å². The molecule has 1 heterocycles. The Morgan fingerprint density at radius 3 is 2.57 bits per heavy atom. The minimum atomic E-state index is -4.46. The van der Waals surface area contributed by atoms with E-state index >= 15 is 0 Å². The molecule has 0 fully saturated rings.